The Balaban J connectivity index is 2.18. The first-order valence-electron chi connectivity index (χ1n) is 4.59. The highest BCUT2D eigenvalue weighted by molar-refractivity contribution is 8.00. The lowest BCUT2D eigenvalue weighted by Gasteiger charge is -2.13. The van der Waals surface area contributed by atoms with E-state index in [4.69, 9.17) is 16.3 Å². The summed E-state index contributed by atoms with van der Waals surface area (Å²) in [5.41, 5.74) is 0.595. The SMILES string of the molecule is C=CCOC1Sc2ccc(Cl)cc2C1O. The zero-order valence-electron chi connectivity index (χ0n) is 8.02. The van der Waals surface area contributed by atoms with Crippen molar-refractivity contribution in [1.29, 1.82) is 0 Å². The molecule has 2 rings (SSSR count). The van der Waals surface area contributed by atoms with E-state index in [1.165, 1.54) is 11.8 Å². The first-order valence-corrected chi connectivity index (χ1v) is 5.85. The van der Waals surface area contributed by atoms with Gasteiger partial charge >= 0.3 is 0 Å². The van der Waals surface area contributed by atoms with Crippen molar-refractivity contribution in [2.75, 3.05) is 6.61 Å². The maximum atomic E-state index is 9.95. The Morgan fingerprint density at radius 3 is 3.13 bits per heavy atom. The number of hydrogen-bond donors (Lipinski definition) is 1. The minimum atomic E-state index is -0.608. The Labute approximate surface area is 97.9 Å². The van der Waals surface area contributed by atoms with Crippen LogP contribution in [0.4, 0.5) is 0 Å². The third-order valence-corrected chi connectivity index (χ3v) is 3.66. The van der Waals surface area contributed by atoms with Crippen LogP contribution in [0, 0.1) is 0 Å². The molecule has 2 nitrogen and oxygen atoms in total. The average Bonchev–Trinajstić information content (AvgIpc) is 2.53. The van der Waals surface area contributed by atoms with Gasteiger partial charge in [0.1, 0.15) is 11.5 Å². The van der Waals surface area contributed by atoms with Crippen molar-refractivity contribution in [3.05, 3.63) is 41.4 Å². The summed E-state index contributed by atoms with van der Waals surface area (Å²) >= 11 is 7.38. The van der Waals surface area contributed by atoms with Crippen LogP contribution in [0.3, 0.4) is 0 Å². The van der Waals surface area contributed by atoms with E-state index >= 15 is 0 Å². The number of aliphatic hydroxyl groups excluding tert-OH is 1. The van der Waals surface area contributed by atoms with Gasteiger partial charge < -0.3 is 9.84 Å². The van der Waals surface area contributed by atoms with Gasteiger partial charge in [0.25, 0.3) is 0 Å². The summed E-state index contributed by atoms with van der Waals surface area (Å²) in [7, 11) is 0. The van der Waals surface area contributed by atoms with Gasteiger partial charge in [0, 0.05) is 9.92 Å². The van der Waals surface area contributed by atoms with Gasteiger partial charge in [-0.1, -0.05) is 29.4 Å². The minimum absolute atomic E-state index is 0.253. The second-order valence-corrected chi connectivity index (χ2v) is 4.81. The zero-order chi connectivity index (χ0) is 10.8. The van der Waals surface area contributed by atoms with Crippen LogP contribution in [0.15, 0.2) is 35.7 Å². The van der Waals surface area contributed by atoms with E-state index in [9.17, 15) is 5.11 Å². The molecule has 1 aliphatic heterocycles. The summed E-state index contributed by atoms with van der Waals surface area (Å²) in [4.78, 5) is 1.03. The normalized spacial score (nSPS) is 23.9. The number of rotatable bonds is 3. The Morgan fingerprint density at radius 1 is 1.60 bits per heavy atom. The van der Waals surface area contributed by atoms with Crippen LogP contribution in [-0.4, -0.2) is 17.1 Å². The molecule has 15 heavy (non-hydrogen) atoms. The molecule has 1 aromatic carbocycles. The molecule has 0 saturated carbocycles. The molecule has 0 saturated heterocycles. The monoisotopic (exact) mass is 242 g/mol. The smallest absolute Gasteiger partial charge is 0.138 e. The van der Waals surface area contributed by atoms with Crippen molar-refractivity contribution < 1.29 is 9.84 Å². The molecule has 0 amide bonds. The largest absolute Gasteiger partial charge is 0.385 e. The summed E-state index contributed by atoms with van der Waals surface area (Å²) in [5.74, 6) is 0. The van der Waals surface area contributed by atoms with Gasteiger partial charge in [-0.3, -0.25) is 0 Å². The lowest BCUT2D eigenvalue weighted by atomic mass is 10.1. The third-order valence-electron chi connectivity index (χ3n) is 2.17. The number of aliphatic hydroxyl groups is 1. The van der Waals surface area contributed by atoms with Crippen LogP contribution in [0.1, 0.15) is 11.7 Å². The molecule has 0 bridgehead atoms. The van der Waals surface area contributed by atoms with Crippen molar-refractivity contribution in [2.45, 2.75) is 16.4 Å². The molecule has 2 unspecified atom stereocenters. The Bertz CT molecular complexity index is 381. The molecule has 0 radical (unpaired) electrons. The zero-order valence-corrected chi connectivity index (χ0v) is 9.59. The highest BCUT2D eigenvalue weighted by atomic mass is 35.5. The van der Waals surface area contributed by atoms with Crippen LogP contribution < -0.4 is 0 Å². The van der Waals surface area contributed by atoms with Crippen LogP contribution in [0.5, 0.6) is 0 Å². The van der Waals surface area contributed by atoms with Gasteiger partial charge in [-0.05, 0) is 23.8 Å². The molecule has 2 atom stereocenters. The fourth-order valence-electron chi connectivity index (χ4n) is 1.48. The number of fused-ring (bicyclic) bond motifs is 1. The number of halogens is 1. The molecule has 1 N–H and O–H groups in total. The molecule has 0 aliphatic carbocycles. The van der Waals surface area contributed by atoms with E-state index in [-0.39, 0.29) is 5.44 Å². The predicted octanol–water partition coefficient (Wildman–Crippen LogP) is 3.01. The van der Waals surface area contributed by atoms with Crippen molar-refractivity contribution in [1.82, 2.24) is 0 Å². The van der Waals surface area contributed by atoms with Crippen LogP contribution in [0.2, 0.25) is 5.02 Å². The van der Waals surface area contributed by atoms with Crippen molar-refractivity contribution in [3.63, 3.8) is 0 Å². The van der Waals surface area contributed by atoms with Gasteiger partial charge in [-0.15, -0.1) is 6.58 Å². The topological polar surface area (TPSA) is 29.5 Å². The molecule has 1 aliphatic rings. The lowest BCUT2D eigenvalue weighted by molar-refractivity contribution is 0.0292. The van der Waals surface area contributed by atoms with Gasteiger partial charge in [-0.25, -0.2) is 0 Å². The standard InChI is InChI=1S/C11H11ClO2S/c1-2-5-14-11-10(13)8-6-7(12)3-4-9(8)15-11/h2-4,6,10-11,13H,1,5H2. The first-order chi connectivity index (χ1) is 7.22. The van der Waals surface area contributed by atoms with E-state index in [1.807, 2.05) is 12.1 Å². The minimum Gasteiger partial charge on any atom is -0.385 e. The van der Waals surface area contributed by atoms with Gasteiger partial charge in [0.05, 0.1) is 6.61 Å². The second kappa shape index (κ2) is 4.58. The molecule has 0 fully saturated rings. The quantitative estimate of drug-likeness (QED) is 0.827. The fraction of sp³-hybridized carbons (Fsp3) is 0.273. The van der Waals surface area contributed by atoms with Crippen LogP contribution >= 0.6 is 23.4 Å². The highest BCUT2D eigenvalue weighted by Gasteiger charge is 2.32. The molecular weight excluding hydrogens is 232 g/mol. The molecule has 0 spiro atoms. The second-order valence-electron chi connectivity index (χ2n) is 3.24. The van der Waals surface area contributed by atoms with E-state index < -0.39 is 6.10 Å². The summed E-state index contributed by atoms with van der Waals surface area (Å²) in [6.07, 6.45) is 1.06. The van der Waals surface area contributed by atoms with Crippen molar-refractivity contribution in [2.24, 2.45) is 0 Å². The van der Waals surface area contributed by atoms with E-state index in [2.05, 4.69) is 6.58 Å². The lowest BCUT2D eigenvalue weighted by Crippen LogP contribution is -2.13. The summed E-state index contributed by atoms with van der Waals surface area (Å²) in [6.45, 7) is 4.01. The maximum absolute atomic E-state index is 9.95. The third kappa shape index (κ3) is 2.21. The Morgan fingerprint density at radius 2 is 2.40 bits per heavy atom. The molecule has 0 aromatic heterocycles. The summed E-state index contributed by atoms with van der Waals surface area (Å²) in [5, 5.41) is 10.6. The fourth-order valence-corrected chi connectivity index (χ4v) is 2.80. The van der Waals surface area contributed by atoms with Gasteiger partial charge in [0.2, 0.25) is 0 Å². The van der Waals surface area contributed by atoms with Gasteiger partial charge in [0.15, 0.2) is 0 Å². The van der Waals surface area contributed by atoms with E-state index in [0.29, 0.717) is 11.6 Å². The Hall–Kier alpha value is -0.480. The number of ether oxygens (including phenoxy) is 1. The number of benzene rings is 1. The van der Waals surface area contributed by atoms with E-state index in [1.54, 1.807) is 12.1 Å². The summed E-state index contributed by atoms with van der Waals surface area (Å²) in [6, 6.07) is 5.50. The number of hydrogen-bond acceptors (Lipinski definition) is 3. The van der Waals surface area contributed by atoms with Crippen LogP contribution in [-0.2, 0) is 4.74 Å². The van der Waals surface area contributed by atoms with E-state index in [0.717, 1.165) is 10.5 Å². The van der Waals surface area contributed by atoms with Gasteiger partial charge in [-0.2, -0.15) is 0 Å². The molecule has 1 heterocycles. The number of thioether (sulfide) groups is 1. The van der Waals surface area contributed by atoms with Crippen molar-refractivity contribution >= 4 is 23.4 Å². The molecular formula is C11H11ClO2S. The first kappa shape index (κ1) is 11.0. The molecule has 4 heteroatoms. The average molecular weight is 243 g/mol. The Kier molecular flexibility index (Phi) is 3.36. The molecule has 80 valence electrons. The maximum Gasteiger partial charge on any atom is 0.138 e. The predicted molar refractivity (Wildman–Crippen MR) is 62.2 cm³/mol. The highest BCUT2D eigenvalue weighted by Crippen LogP contribution is 2.45. The summed E-state index contributed by atoms with van der Waals surface area (Å²) < 4.78 is 5.44. The molecule has 1 aromatic rings. The van der Waals surface area contributed by atoms with Crippen molar-refractivity contribution in [3.8, 4) is 0 Å². The van der Waals surface area contributed by atoms with Crippen LogP contribution in [0.25, 0.3) is 0 Å².